The summed E-state index contributed by atoms with van der Waals surface area (Å²) in [4.78, 5) is 14.1. The number of fused-ring (bicyclic) bond motifs is 2. The summed E-state index contributed by atoms with van der Waals surface area (Å²) in [6.07, 6.45) is 1.76. The molecule has 5 heteroatoms. The number of H-pyrrole nitrogens is 1. The van der Waals surface area contributed by atoms with Crippen molar-refractivity contribution in [3.05, 3.63) is 48.2 Å². The van der Waals surface area contributed by atoms with Crippen LogP contribution in [0.4, 0.5) is 0 Å². The molecule has 2 N–H and O–H groups in total. The minimum Gasteiger partial charge on any atom is -0.486 e. The topological polar surface area (TPSA) is 71.5 Å². The van der Waals surface area contributed by atoms with Gasteiger partial charge in [-0.15, -0.1) is 0 Å². The number of nitrogens with one attached hydrogen (secondary N) is 1. The number of hydrogen-bond acceptors (Lipinski definition) is 3. The molecule has 3 aromatic rings. The van der Waals surface area contributed by atoms with E-state index in [-0.39, 0.29) is 6.42 Å². The van der Waals surface area contributed by atoms with Crippen molar-refractivity contribution in [2.45, 2.75) is 6.42 Å². The quantitative estimate of drug-likeness (QED) is 0.779. The smallest absolute Gasteiger partial charge is 0.307 e. The van der Waals surface area contributed by atoms with Crippen LogP contribution in [0, 0.1) is 0 Å². The molecule has 0 fully saturated rings. The van der Waals surface area contributed by atoms with Crippen molar-refractivity contribution < 1.29 is 19.4 Å². The van der Waals surface area contributed by atoms with Gasteiger partial charge in [0.05, 0.1) is 6.42 Å². The van der Waals surface area contributed by atoms with Gasteiger partial charge in [0.1, 0.15) is 13.2 Å². The van der Waals surface area contributed by atoms with Crippen LogP contribution in [-0.2, 0) is 11.2 Å². The molecule has 2 aromatic carbocycles. The van der Waals surface area contributed by atoms with E-state index >= 15 is 0 Å². The second kappa shape index (κ2) is 5.35. The molecule has 1 aliphatic rings. The molecular formula is C18H15NO4. The Labute approximate surface area is 132 Å². The van der Waals surface area contributed by atoms with E-state index in [9.17, 15) is 4.79 Å². The van der Waals surface area contributed by atoms with Crippen LogP contribution in [0.15, 0.2) is 42.6 Å². The fraction of sp³-hybridized carbons (Fsp3) is 0.167. The number of hydrogen-bond donors (Lipinski definition) is 2. The predicted molar refractivity (Wildman–Crippen MR) is 86.1 cm³/mol. The van der Waals surface area contributed by atoms with Crippen LogP contribution < -0.4 is 9.47 Å². The molecule has 0 saturated heterocycles. The van der Waals surface area contributed by atoms with E-state index in [0.29, 0.717) is 13.2 Å². The Balaban J connectivity index is 1.78. The van der Waals surface area contributed by atoms with Gasteiger partial charge in [-0.2, -0.15) is 0 Å². The molecule has 0 atom stereocenters. The fourth-order valence-electron chi connectivity index (χ4n) is 2.89. The third kappa shape index (κ3) is 2.50. The maximum atomic E-state index is 11.0. The molecule has 116 valence electrons. The molecule has 5 nitrogen and oxygen atoms in total. The zero-order chi connectivity index (χ0) is 15.8. The number of ether oxygens (including phenoxy) is 2. The molecule has 1 aliphatic heterocycles. The van der Waals surface area contributed by atoms with Gasteiger partial charge in [0.25, 0.3) is 0 Å². The maximum absolute atomic E-state index is 11.0. The first-order valence-corrected chi connectivity index (χ1v) is 7.42. The van der Waals surface area contributed by atoms with Crippen LogP contribution in [0.5, 0.6) is 11.5 Å². The van der Waals surface area contributed by atoms with Gasteiger partial charge in [-0.05, 0) is 41.0 Å². The highest BCUT2D eigenvalue weighted by molar-refractivity contribution is 5.90. The Bertz CT molecular complexity index is 897. The van der Waals surface area contributed by atoms with E-state index < -0.39 is 5.97 Å². The Kier molecular flexibility index (Phi) is 3.19. The average Bonchev–Trinajstić information content (AvgIpc) is 2.96. The zero-order valence-electron chi connectivity index (χ0n) is 12.3. The summed E-state index contributed by atoms with van der Waals surface area (Å²) in [6, 6.07) is 11.8. The van der Waals surface area contributed by atoms with E-state index in [2.05, 4.69) is 4.98 Å². The summed E-state index contributed by atoms with van der Waals surface area (Å²) in [5, 5.41) is 9.95. The normalized spacial score (nSPS) is 13.2. The minimum absolute atomic E-state index is 0.00456. The van der Waals surface area contributed by atoms with E-state index in [1.807, 2.05) is 36.4 Å². The van der Waals surface area contributed by atoms with Gasteiger partial charge in [0.15, 0.2) is 11.5 Å². The third-order valence-electron chi connectivity index (χ3n) is 3.98. The number of rotatable bonds is 3. The molecule has 0 spiro atoms. The largest absolute Gasteiger partial charge is 0.486 e. The fourth-order valence-corrected chi connectivity index (χ4v) is 2.89. The highest BCUT2D eigenvalue weighted by Gasteiger charge is 2.13. The van der Waals surface area contributed by atoms with Crippen molar-refractivity contribution in [1.82, 2.24) is 4.98 Å². The molecule has 0 aliphatic carbocycles. The molecule has 0 bridgehead atoms. The molecule has 0 unspecified atom stereocenters. The van der Waals surface area contributed by atoms with Crippen molar-refractivity contribution in [3.8, 4) is 22.6 Å². The number of carboxylic acid groups (broad SMARTS) is 1. The van der Waals surface area contributed by atoms with Gasteiger partial charge in [-0.3, -0.25) is 4.79 Å². The first-order chi connectivity index (χ1) is 11.2. The lowest BCUT2D eigenvalue weighted by molar-refractivity contribution is -0.136. The van der Waals surface area contributed by atoms with Crippen LogP contribution in [0.1, 0.15) is 5.56 Å². The summed E-state index contributed by atoms with van der Waals surface area (Å²) in [6.45, 7) is 1.12. The first-order valence-electron chi connectivity index (χ1n) is 7.42. The van der Waals surface area contributed by atoms with Crippen LogP contribution in [0.2, 0.25) is 0 Å². The van der Waals surface area contributed by atoms with Crippen molar-refractivity contribution in [3.63, 3.8) is 0 Å². The lowest BCUT2D eigenvalue weighted by Gasteiger charge is -2.19. The lowest BCUT2D eigenvalue weighted by Crippen LogP contribution is -2.15. The van der Waals surface area contributed by atoms with Crippen LogP contribution in [0.25, 0.3) is 22.0 Å². The van der Waals surface area contributed by atoms with Crippen molar-refractivity contribution in [1.29, 1.82) is 0 Å². The van der Waals surface area contributed by atoms with Gasteiger partial charge < -0.3 is 19.6 Å². The third-order valence-corrected chi connectivity index (χ3v) is 3.98. The van der Waals surface area contributed by atoms with Gasteiger partial charge in [-0.1, -0.05) is 12.1 Å². The van der Waals surface area contributed by atoms with Gasteiger partial charge >= 0.3 is 5.97 Å². The summed E-state index contributed by atoms with van der Waals surface area (Å²) in [7, 11) is 0. The van der Waals surface area contributed by atoms with Crippen LogP contribution in [0.3, 0.4) is 0 Å². The van der Waals surface area contributed by atoms with Gasteiger partial charge in [0.2, 0.25) is 0 Å². The van der Waals surface area contributed by atoms with Crippen molar-refractivity contribution in [2.24, 2.45) is 0 Å². The summed E-state index contributed by atoms with van der Waals surface area (Å²) >= 11 is 0. The molecule has 0 amide bonds. The summed E-state index contributed by atoms with van der Waals surface area (Å²) in [5.41, 5.74) is 3.74. The highest BCUT2D eigenvalue weighted by atomic mass is 16.6. The Hall–Kier alpha value is -2.95. The number of carbonyl (C=O) groups is 1. The molecule has 0 radical (unpaired) electrons. The minimum atomic E-state index is -0.837. The van der Waals surface area contributed by atoms with Gasteiger partial charge in [-0.25, -0.2) is 0 Å². The number of aromatic amines is 1. The Morgan fingerprint density at radius 3 is 2.61 bits per heavy atom. The second-order valence-electron chi connectivity index (χ2n) is 5.50. The summed E-state index contributed by atoms with van der Waals surface area (Å²) in [5.74, 6) is 0.665. The average molecular weight is 309 g/mol. The first kappa shape index (κ1) is 13.7. The maximum Gasteiger partial charge on any atom is 0.307 e. The number of aromatic nitrogens is 1. The number of benzene rings is 2. The SMILES string of the molecule is O=C(O)Cc1c[nH]c2ccc(-c3ccc4c(c3)OCCO4)cc12. The number of carboxylic acids is 1. The molecule has 2 heterocycles. The van der Waals surface area contributed by atoms with Gasteiger partial charge in [0, 0.05) is 17.1 Å². The molecule has 4 rings (SSSR count). The monoisotopic (exact) mass is 309 g/mol. The van der Waals surface area contributed by atoms with Crippen molar-refractivity contribution in [2.75, 3.05) is 13.2 Å². The molecule has 0 saturated carbocycles. The molecule has 23 heavy (non-hydrogen) atoms. The highest BCUT2D eigenvalue weighted by Crippen LogP contribution is 2.35. The predicted octanol–water partition coefficient (Wildman–Crippen LogP) is 3.23. The Morgan fingerprint density at radius 2 is 1.78 bits per heavy atom. The van der Waals surface area contributed by atoms with Crippen LogP contribution >= 0.6 is 0 Å². The summed E-state index contributed by atoms with van der Waals surface area (Å²) < 4.78 is 11.2. The lowest BCUT2D eigenvalue weighted by atomic mass is 10.0. The second-order valence-corrected chi connectivity index (χ2v) is 5.50. The zero-order valence-corrected chi connectivity index (χ0v) is 12.3. The van der Waals surface area contributed by atoms with Crippen LogP contribution in [-0.4, -0.2) is 29.3 Å². The molecule has 1 aromatic heterocycles. The van der Waals surface area contributed by atoms with E-state index in [1.165, 1.54) is 0 Å². The Morgan fingerprint density at radius 1 is 1.04 bits per heavy atom. The van der Waals surface area contributed by atoms with E-state index in [4.69, 9.17) is 14.6 Å². The number of aliphatic carboxylic acids is 1. The van der Waals surface area contributed by atoms with Crippen molar-refractivity contribution >= 4 is 16.9 Å². The molecular weight excluding hydrogens is 294 g/mol. The standard InChI is InChI=1S/C18H15NO4/c20-18(21)9-13-10-19-15-3-1-11(7-14(13)15)12-2-4-16-17(8-12)23-6-5-22-16/h1-4,7-8,10,19H,5-6,9H2,(H,20,21). The van der Waals surface area contributed by atoms with E-state index in [1.54, 1.807) is 6.20 Å². The van der Waals surface area contributed by atoms with E-state index in [0.717, 1.165) is 39.1 Å².